The zero-order valence-corrected chi connectivity index (χ0v) is 12.2. The van der Waals surface area contributed by atoms with Crippen molar-refractivity contribution in [3.8, 4) is 0 Å². The molecular formula is C14H23F2N3O. The Hall–Kier alpha value is -1.04. The van der Waals surface area contributed by atoms with Crippen molar-refractivity contribution in [3.63, 3.8) is 0 Å². The van der Waals surface area contributed by atoms with E-state index in [1.54, 1.807) is 0 Å². The fourth-order valence-corrected chi connectivity index (χ4v) is 2.45. The Morgan fingerprint density at radius 2 is 2.00 bits per heavy atom. The zero-order valence-electron chi connectivity index (χ0n) is 12.2. The maximum atomic E-state index is 13.1. The number of alkyl halides is 2. The molecule has 0 aliphatic heterocycles. The van der Waals surface area contributed by atoms with Crippen LogP contribution >= 0.6 is 0 Å². The highest BCUT2D eigenvalue weighted by atomic mass is 19.3. The lowest BCUT2D eigenvalue weighted by Gasteiger charge is -2.25. The summed E-state index contributed by atoms with van der Waals surface area (Å²) in [6.45, 7) is 5.11. The van der Waals surface area contributed by atoms with Gasteiger partial charge in [0.25, 0.3) is 0 Å². The van der Waals surface area contributed by atoms with E-state index in [2.05, 4.69) is 29.4 Å². The second-order valence-electron chi connectivity index (χ2n) is 5.88. The predicted octanol–water partition coefficient (Wildman–Crippen LogP) is 3.29. The first-order chi connectivity index (χ1) is 9.46. The highest BCUT2D eigenvalue weighted by molar-refractivity contribution is 4.96. The maximum absolute atomic E-state index is 13.1. The Morgan fingerprint density at radius 3 is 2.65 bits per heavy atom. The normalized spacial score (nSPS) is 19.6. The van der Waals surface area contributed by atoms with Gasteiger partial charge in [-0.05, 0) is 25.8 Å². The number of rotatable bonds is 6. The van der Waals surface area contributed by atoms with Crippen LogP contribution in [0.4, 0.5) is 8.78 Å². The molecule has 0 saturated heterocycles. The SMILES string of the molecule is CC(C)NCCCc1nnc(C2CCC(F)(F)CC2)o1. The van der Waals surface area contributed by atoms with Crippen LogP contribution in [0.3, 0.4) is 0 Å². The smallest absolute Gasteiger partial charge is 0.248 e. The molecule has 0 bridgehead atoms. The molecule has 1 aliphatic carbocycles. The van der Waals surface area contributed by atoms with E-state index in [0.717, 1.165) is 19.4 Å². The van der Waals surface area contributed by atoms with Crippen LogP contribution in [0.5, 0.6) is 0 Å². The summed E-state index contributed by atoms with van der Waals surface area (Å²) in [4.78, 5) is 0. The third-order valence-corrected chi connectivity index (χ3v) is 3.67. The van der Waals surface area contributed by atoms with Gasteiger partial charge in [0.05, 0.1) is 0 Å². The van der Waals surface area contributed by atoms with Gasteiger partial charge < -0.3 is 9.73 Å². The minimum absolute atomic E-state index is 0.00432. The van der Waals surface area contributed by atoms with E-state index >= 15 is 0 Å². The largest absolute Gasteiger partial charge is 0.425 e. The van der Waals surface area contributed by atoms with Gasteiger partial charge in [-0.1, -0.05) is 13.8 Å². The van der Waals surface area contributed by atoms with Gasteiger partial charge in [-0.25, -0.2) is 8.78 Å². The Balaban J connectivity index is 1.77. The van der Waals surface area contributed by atoms with E-state index in [4.69, 9.17) is 4.42 Å². The molecule has 4 nitrogen and oxygen atoms in total. The van der Waals surface area contributed by atoms with Crippen molar-refractivity contribution in [1.82, 2.24) is 15.5 Å². The second-order valence-corrected chi connectivity index (χ2v) is 5.88. The molecule has 114 valence electrons. The molecule has 1 heterocycles. The van der Waals surface area contributed by atoms with Crippen molar-refractivity contribution in [2.24, 2.45) is 0 Å². The molecule has 1 saturated carbocycles. The highest BCUT2D eigenvalue weighted by Gasteiger charge is 2.37. The molecule has 1 aromatic heterocycles. The standard InChI is InChI=1S/C14H23F2N3O/c1-10(2)17-9-3-4-12-18-19-13(20-12)11-5-7-14(15,16)8-6-11/h10-11,17H,3-9H2,1-2H3. The molecular weight excluding hydrogens is 264 g/mol. The van der Waals surface area contributed by atoms with Crippen LogP contribution in [0.15, 0.2) is 4.42 Å². The molecule has 0 aromatic carbocycles. The van der Waals surface area contributed by atoms with E-state index in [-0.39, 0.29) is 18.8 Å². The molecule has 0 spiro atoms. The van der Waals surface area contributed by atoms with Gasteiger partial charge in [0.15, 0.2) is 0 Å². The number of aromatic nitrogens is 2. The third kappa shape index (κ3) is 4.51. The molecule has 6 heteroatoms. The van der Waals surface area contributed by atoms with Crippen LogP contribution in [0.2, 0.25) is 0 Å². The monoisotopic (exact) mass is 287 g/mol. The first kappa shape index (κ1) is 15.4. The molecule has 0 atom stereocenters. The second kappa shape index (κ2) is 6.61. The number of hydrogen-bond donors (Lipinski definition) is 1. The Labute approximate surface area is 118 Å². The van der Waals surface area contributed by atoms with Crippen molar-refractivity contribution in [2.75, 3.05) is 6.54 Å². The van der Waals surface area contributed by atoms with Crippen LogP contribution in [-0.2, 0) is 6.42 Å². The van der Waals surface area contributed by atoms with Gasteiger partial charge in [-0.15, -0.1) is 10.2 Å². The van der Waals surface area contributed by atoms with E-state index in [9.17, 15) is 8.78 Å². The third-order valence-electron chi connectivity index (χ3n) is 3.67. The Bertz CT molecular complexity index is 410. The number of hydrogen-bond acceptors (Lipinski definition) is 4. The minimum atomic E-state index is -2.51. The molecule has 1 fully saturated rings. The number of nitrogens with one attached hydrogen (secondary N) is 1. The van der Waals surface area contributed by atoms with Crippen molar-refractivity contribution in [1.29, 1.82) is 0 Å². The first-order valence-electron chi connectivity index (χ1n) is 7.40. The van der Waals surface area contributed by atoms with Gasteiger partial charge >= 0.3 is 0 Å². The lowest BCUT2D eigenvalue weighted by atomic mass is 9.87. The van der Waals surface area contributed by atoms with Gasteiger partial charge in [-0.2, -0.15) is 0 Å². The minimum Gasteiger partial charge on any atom is -0.425 e. The molecule has 1 aliphatic rings. The lowest BCUT2D eigenvalue weighted by molar-refractivity contribution is -0.0399. The van der Waals surface area contributed by atoms with Crippen molar-refractivity contribution >= 4 is 0 Å². The number of halogens is 2. The fraction of sp³-hybridized carbons (Fsp3) is 0.857. The summed E-state index contributed by atoms with van der Waals surface area (Å²) >= 11 is 0. The summed E-state index contributed by atoms with van der Waals surface area (Å²) in [6.07, 6.45) is 2.38. The topological polar surface area (TPSA) is 51.0 Å². The molecule has 0 unspecified atom stereocenters. The molecule has 2 rings (SSSR count). The summed E-state index contributed by atoms with van der Waals surface area (Å²) in [5.41, 5.74) is 0. The molecule has 0 radical (unpaired) electrons. The predicted molar refractivity (Wildman–Crippen MR) is 71.9 cm³/mol. The van der Waals surface area contributed by atoms with Crippen LogP contribution < -0.4 is 5.32 Å². The average Bonchev–Trinajstić information content (AvgIpc) is 2.83. The van der Waals surface area contributed by atoms with Gasteiger partial charge in [0, 0.05) is 31.2 Å². The molecule has 1 N–H and O–H groups in total. The lowest BCUT2D eigenvalue weighted by Crippen LogP contribution is -2.24. The molecule has 1 aromatic rings. The van der Waals surface area contributed by atoms with E-state index < -0.39 is 5.92 Å². The number of aryl methyl sites for hydroxylation is 1. The summed E-state index contributed by atoms with van der Waals surface area (Å²) in [7, 11) is 0. The zero-order chi connectivity index (χ0) is 14.6. The molecule has 20 heavy (non-hydrogen) atoms. The average molecular weight is 287 g/mol. The van der Waals surface area contributed by atoms with Crippen LogP contribution in [0, 0.1) is 0 Å². The van der Waals surface area contributed by atoms with Gasteiger partial charge in [0.1, 0.15) is 0 Å². The Morgan fingerprint density at radius 1 is 1.30 bits per heavy atom. The first-order valence-corrected chi connectivity index (χ1v) is 7.40. The van der Waals surface area contributed by atoms with Crippen LogP contribution in [0.25, 0.3) is 0 Å². The quantitative estimate of drug-likeness (QED) is 0.816. The summed E-state index contributed by atoms with van der Waals surface area (Å²) in [5.74, 6) is -1.36. The Kier molecular flexibility index (Phi) is 5.07. The van der Waals surface area contributed by atoms with Gasteiger partial charge in [-0.3, -0.25) is 0 Å². The summed E-state index contributed by atoms with van der Waals surface area (Å²) < 4.78 is 31.8. The van der Waals surface area contributed by atoms with E-state index in [0.29, 0.717) is 30.7 Å². The van der Waals surface area contributed by atoms with Crippen molar-refractivity contribution < 1.29 is 13.2 Å². The van der Waals surface area contributed by atoms with E-state index in [1.807, 2.05) is 0 Å². The number of nitrogens with zero attached hydrogens (tertiary/aromatic N) is 2. The van der Waals surface area contributed by atoms with Crippen molar-refractivity contribution in [2.45, 2.75) is 70.3 Å². The van der Waals surface area contributed by atoms with Crippen LogP contribution in [-0.4, -0.2) is 28.7 Å². The fourth-order valence-electron chi connectivity index (χ4n) is 2.45. The highest BCUT2D eigenvalue weighted by Crippen LogP contribution is 2.40. The summed E-state index contributed by atoms with van der Waals surface area (Å²) in [5, 5.41) is 11.4. The van der Waals surface area contributed by atoms with Crippen molar-refractivity contribution in [3.05, 3.63) is 11.8 Å². The van der Waals surface area contributed by atoms with Crippen LogP contribution in [0.1, 0.15) is 63.7 Å². The van der Waals surface area contributed by atoms with E-state index in [1.165, 1.54) is 0 Å². The van der Waals surface area contributed by atoms with Gasteiger partial charge in [0.2, 0.25) is 17.7 Å². The molecule has 0 amide bonds. The maximum Gasteiger partial charge on any atom is 0.248 e. The summed E-state index contributed by atoms with van der Waals surface area (Å²) in [6, 6.07) is 0.470.